The number of hydrogen-bond acceptors (Lipinski definition) is 1. The molecule has 0 radical (unpaired) electrons. The fourth-order valence-corrected chi connectivity index (χ4v) is 1.84. The maximum absolute atomic E-state index is 5.45. The zero-order valence-corrected chi connectivity index (χ0v) is 20.1. The Labute approximate surface area is 155 Å². The first kappa shape index (κ1) is 30.6. The molecule has 0 atom stereocenters. The van der Waals surface area contributed by atoms with Crippen LogP contribution in [0.15, 0.2) is 3.50 Å². The van der Waals surface area contributed by atoms with Gasteiger partial charge in [-0.25, -0.2) is 0 Å². The predicted octanol–water partition coefficient (Wildman–Crippen LogP) is 7.80. The van der Waals surface area contributed by atoms with E-state index in [0.29, 0.717) is 0 Å². The van der Waals surface area contributed by atoms with Gasteiger partial charge in [-0.15, -0.1) is 0 Å². The second-order valence-corrected chi connectivity index (χ2v) is 11.6. The molecule has 0 aliphatic heterocycles. The van der Waals surface area contributed by atoms with Crippen LogP contribution in [-0.2, 0) is 17.3 Å². The van der Waals surface area contributed by atoms with E-state index in [1.165, 1.54) is 0 Å². The van der Waals surface area contributed by atoms with Gasteiger partial charge < -0.3 is 20.8 Å². The fraction of sp³-hybridized carbons (Fsp3) is 0.842. The third kappa shape index (κ3) is 356. The molecule has 0 spiro atoms. The normalized spacial score (nSPS) is 12.4. The van der Waals surface area contributed by atoms with Crippen LogP contribution in [0.1, 0.15) is 83.1 Å². The van der Waals surface area contributed by atoms with Crippen LogP contribution in [0.4, 0.5) is 0 Å². The van der Waals surface area contributed by atoms with Crippen molar-refractivity contribution in [2.75, 3.05) is 0 Å². The maximum atomic E-state index is 5.45. The van der Waals surface area contributed by atoms with Crippen LogP contribution >= 0.6 is 9.42 Å². The largest absolute Gasteiger partial charge is 0.338 e. The van der Waals surface area contributed by atoms with E-state index in [2.05, 4.69) is 107 Å². The third-order valence-corrected chi connectivity index (χ3v) is 2.23. The quantitative estimate of drug-likeness (QED) is 0.282. The van der Waals surface area contributed by atoms with Gasteiger partial charge >= 0.3 is 56.6 Å². The summed E-state index contributed by atoms with van der Waals surface area (Å²) in [4.78, 5) is 0. The van der Waals surface area contributed by atoms with Crippen LogP contribution in [0.2, 0.25) is 0 Å². The van der Waals surface area contributed by atoms with Crippen molar-refractivity contribution < 1.29 is 17.3 Å². The second-order valence-electron chi connectivity index (χ2n) is 10.0. The number of halogens is 1. The minimum Gasteiger partial charge on any atom is -0.338 e. The van der Waals surface area contributed by atoms with Crippen molar-refractivity contribution >= 4 is 9.42 Å². The van der Waals surface area contributed by atoms with E-state index in [1.807, 2.05) is 0 Å². The van der Waals surface area contributed by atoms with E-state index < -0.39 is 17.3 Å². The minimum atomic E-state index is -0.529. The van der Waals surface area contributed by atoms with Crippen LogP contribution in [0.3, 0.4) is 0 Å². The summed E-state index contributed by atoms with van der Waals surface area (Å²) in [6.45, 7) is 36.2. The van der Waals surface area contributed by atoms with Crippen LogP contribution in [0.25, 0.3) is 0 Å². The minimum absolute atomic E-state index is 0.101. The molecule has 0 aromatic rings. The Bertz CT molecular complexity index is 211. The molecule has 139 valence electrons. The van der Waals surface area contributed by atoms with Crippen molar-refractivity contribution in [1.29, 1.82) is 0 Å². The molecule has 0 aromatic heterocycles. The molecule has 0 unspecified atom stereocenters. The van der Waals surface area contributed by atoms with E-state index >= 15 is 0 Å². The van der Waals surface area contributed by atoms with Gasteiger partial charge in [0.15, 0.2) is 0 Å². The van der Waals surface area contributed by atoms with Crippen molar-refractivity contribution in [1.82, 2.24) is 0 Å². The molecule has 0 N–H and O–H groups in total. The molecule has 0 heterocycles. The molecule has 3 heteroatoms. The van der Waals surface area contributed by atoms with Gasteiger partial charge in [-0.1, -0.05) is 62.3 Å². The van der Waals surface area contributed by atoms with E-state index in [1.54, 1.807) is 0 Å². The van der Waals surface area contributed by atoms with Crippen LogP contribution in [0, 0.1) is 37.0 Å². The van der Waals surface area contributed by atoms with E-state index in [9.17, 15) is 0 Å². The summed E-state index contributed by atoms with van der Waals surface area (Å²) in [6.07, 6.45) is 0. The third-order valence-electron chi connectivity index (χ3n) is 0.308. The molecular formula is C19H42ClMoN-3. The Morgan fingerprint density at radius 3 is 0.727 bits per heavy atom. The van der Waals surface area contributed by atoms with Gasteiger partial charge in [0, 0.05) is 0 Å². The van der Waals surface area contributed by atoms with E-state index in [-0.39, 0.29) is 21.8 Å². The molecule has 0 rings (SSSR count). The zero-order chi connectivity index (χ0) is 19.4. The topological polar surface area (TPSA) is 12.4 Å². The monoisotopic (exact) mass is 417 g/mol. The summed E-state index contributed by atoms with van der Waals surface area (Å²) < 4.78 is 4.15. The summed E-state index contributed by atoms with van der Waals surface area (Å²) in [5, 5.41) is 0. The first-order valence-electron chi connectivity index (χ1n) is 7.62. The van der Waals surface area contributed by atoms with Gasteiger partial charge in [0.1, 0.15) is 0 Å². The average molecular weight is 416 g/mol. The van der Waals surface area contributed by atoms with Gasteiger partial charge in [0.05, 0.1) is 0 Å². The van der Waals surface area contributed by atoms with E-state index in [0.717, 1.165) is 0 Å². The van der Waals surface area contributed by atoms with E-state index in [4.69, 9.17) is 9.42 Å². The fourth-order valence-electron chi connectivity index (χ4n) is 0.104. The Hall–Kier alpha value is 0.778. The smallest absolute Gasteiger partial charge is 0.0878 e. The summed E-state index contributed by atoms with van der Waals surface area (Å²) in [6, 6.07) is 0. The van der Waals surface area contributed by atoms with Crippen LogP contribution in [-0.4, -0.2) is 5.54 Å². The molecule has 0 aliphatic rings. The summed E-state index contributed by atoms with van der Waals surface area (Å²) in [5.41, 5.74) is 0.851. The molecule has 0 aliphatic carbocycles. The number of nitrogens with zero attached hydrogens (tertiary/aromatic N) is 1. The van der Waals surface area contributed by atoms with Crippen molar-refractivity contribution in [3.63, 3.8) is 0 Å². The van der Waals surface area contributed by atoms with Crippen LogP contribution in [0.5, 0.6) is 0 Å². The van der Waals surface area contributed by atoms with Gasteiger partial charge in [-0.2, -0.15) is 16.2 Å². The van der Waals surface area contributed by atoms with Gasteiger partial charge in [0.25, 0.3) is 0 Å². The Balaban J connectivity index is -0.0000000995. The van der Waals surface area contributed by atoms with Crippen LogP contribution < -0.4 is 0 Å². The molecule has 0 amide bonds. The summed E-state index contributed by atoms with van der Waals surface area (Å²) in [7, 11) is 5.45. The molecule has 0 saturated heterocycles. The van der Waals surface area contributed by atoms with Gasteiger partial charge in [-0.05, 0) is 0 Å². The first-order chi connectivity index (χ1) is 9.06. The Morgan fingerprint density at radius 2 is 0.727 bits per heavy atom. The molecule has 0 aromatic carbocycles. The Morgan fingerprint density at radius 1 is 0.591 bits per heavy atom. The molecule has 22 heavy (non-hydrogen) atoms. The predicted molar refractivity (Wildman–Crippen MR) is 102 cm³/mol. The molecule has 0 saturated carbocycles. The maximum Gasteiger partial charge on any atom is -0.0878 e. The molecule has 0 fully saturated rings. The first-order valence-corrected chi connectivity index (χ1v) is 11.1. The van der Waals surface area contributed by atoms with Crippen molar-refractivity contribution in [2.45, 2.75) is 88.6 Å². The molecule has 1 nitrogen and oxygen atoms in total. The molecule has 0 bridgehead atoms. The van der Waals surface area contributed by atoms with Crippen molar-refractivity contribution in [2.24, 2.45) is 19.7 Å². The zero-order valence-electron chi connectivity index (χ0n) is 17.4. The summed E-state index contributed by atoms with van der Waals surface area (Å²) >= 11 is -0.529. The van der Waals surface area contributed by atoms with Gasteiger partial charge in [-0.3, -0.25) is 0 Å². The Kier molecular flexibility index (Phi) is 18.3. The summed E-state index contributed by atoms with van der Waals surface area (Å²) in [5.74, 6) is 0. The molecular weight excluding hydrogens is 374 g/mol. The van der Waals surface area contributed by atoms with Gasteiger partial charge in [0.2, 0.25) is 0 Å². The number of rotatable bonds is 0. The van der Waals surface area contributed by atoms with Crippen molar-refractivity contribution in [3.8, 4) is 0 Å². The SMILES string of the molecule is CC(C)(C)[N]=[Mo][Cl].[CH2-]C(C)(C)C.[CH2-]C(C)(C)C.[CH2-]C(C)(C)C. The average Bonchev–Trinajstić information content (AvgIpc) is 1.88. The standard InChI is InChI=1S/3C5H11.C4H9N.ClH.Mo/c3*1-5(2,3)4;1-4(2,3)5;;/h3*1H2,2-4H3;1-3H3;1H;/q3*-1;;;+1/p-1. The second kappa shape index (κ2) is 13.1. The van der Waals surface area contributed by atoms with Crippen molar-refractivity contribution in [3.05, 3.63) is 20.8 Å². The number of hydrogen-bond donors (Lipinski definition) is 0.